The highest BCUT2D eigenvalue weighted by atomic mass is 32.2. The number of benzene rings is 1. The van der Waals surface area contributed by atoms with Crippen molar-refractivity contribution in [2.75, 3.05) is 6.61 Å². The third-order valence-corrected chi connectivity index (χ3v) is 13.6. The van der Waals surface area contributed by atoms with Gasteiger partial charge in [0.2, 0.25) is 5.12 Å². The molecule has 8 atom stereocenters. The first-order valence-corrected chi connectivity index (χ1v) is 18.2. The zero-order valence-corrected chi connectivity index (χ0v) is 27.9. The fourth-order valence-electron chi connectivity index (χ4n) is 9.99. The molecule has 0 aliphatic heterocycles. The van der Waals surface area contributed by atoms with Gasteiger partial charge in [0.05, 0.1) is 6.61 Å². The minimum Gasteiger partial charge on any atom is -0.494 e. The second-order valence-corrected chi connectivity index (χ2v) is 16.6. The van der Waals surface area contributed by atoms with E-state index in [1.807, 2.05) is 24.3 Å². The van der Waals surface area contributed by atoms with Gasteiger partial charge in [0.15, 0.2) is 0 Å². The predicted octanol–water partition coefficient (Wildman–Crippen LogP) is 11.1. The minimum atomic E-state index is 0.223. The van der Waals surface area contributed by atoms with Crippen molar-refractivity contribution in [2.45, 2.75) is 130 Å². The summed E-state index contributed by atoms with van der Waals surface area (Å²) in [5.74, 6) is 6.14. The van der Waals surface area contributed by atoms with E-state index in [-0.39, 0.29) is 5.12 Å². The van der Waals surface area contributed by atoms with Crippen LogP contribution >= 0.6 is 11.8 Å². The molecule has 0 saturated heterocycles. The molecule has 1 aromatic rings. The highest BCUT2D eigenvalue weighted by Crippen LogP contribution is 2.67. The maximum Gasteiger partial charge on any atom is 0.219 e. The Morgan fingerprint density at radius 2 is 1.76 bits per heavy atom. The molecule has 5 rings (SSSR count). The van der Waals surface area contributed by atoms with Crippen LogP contribution in [0.4, 0.5) is 0 Å². The Bertz CT molecular complexity index is 1060. The Morgan fingerprint density at radius 3 is 2.49 bits per heavy atom. The Labute approximate surface area is 256 Å². The van der Waals surface area contributed by atoms with E-state index in [9.17, 15) is 4.79 Å². The number of fused-ring (bicyclic) bond motifs is 5. The number of ether oxygens (including phenoxy) is 1. The molecule has 4 aliphatic carbocycles. The fraction of sp³-hybridized carbons (Fsp3) is 0.763. The first-order valence-electron chi connectivity index (χ1n) is 17.3. The number of hydrogen-bond acceptors (Lipinski definition) is 3. The van der Waals surface area contributed by atoms with Gasteiger partial charge in [-0.25, -0.2) is 0 Å². The molecule has 4 aliphatic rings. The quantitative estimate of drug-likeness (QED) is 0.193. The molecule has 0 amide bonds. The van der Waals surface area contributed by atoms with Crippen molar-refractivity contribution in [1.29, 1.82) is 0 Å². The van der Waals surface area contributed by atoms with Crippen molar-refractivity contribution in [2.24, 2.45) is 46.3 Å². The minimum absolute atomic E-state index is 0.223. The molecule has 3 fully saturated rings. The van der Waals surface area contributed by atoms with Gasteiger partial charge in [0, 0.05) is 10.8 Å². The Morgan fingerprint density at radius 1 is 0.976 bits per heavy atom. The van der Waals surface area contributed by atoms with E-state index in [1.165, 1.54) is 64.2 Å². The fourth-order valence-corrected chi connectivity index (χ4v) is 11.1. The van der Waals surface area contributed by atoms with Crippen LogP contribution in [0.1, 0.15) is 135 Å². The van der Waals surface area contributed by atoms with Crippen LogP contribution in [0.5, 0.6) is 5.75 Å². The van der Waals surface area contributed by atoms with Gasteiger partial charge in [0.25, 0.3) is 0 Å². The molecular formula is C38H58O2S. The summed E-state index contributed by atoms with van der Waals surface area (Å²) < 4.78 is 5.79. The summed E-state index contributed by atoms with van der Waals surface area (Å²) >= 11 is 1.59. The average molecular weight is 579 g/mol. The number of hydrogen-bond donors (Lipinski definition) is 0. The number of carbonyl (C=O) groups excluding carboxylic acids is 1. The van der Waals surface area contributed by atoms with E-state index in [0.717, 1.165) is 72.7 Å². The van der Waals surface area contributed by atoms with E-state index in [2.05, 4.69) is 47.6 Å². The van der Waals surface area contributed by atoms with E-state index in [1.54, 1.807) is 17.3 Å². The van der Waals surface area contributed by atoms with E-state index >= 15 is 0 Å². The topological polar surface area (TPSA) is 26.3 Å². The zero-order chi connectivity index (χ0) is 29.2. The van der Waals surface area contributed by atoms with Gasteiger partial charge in [-0.3, -0.25) is 4.79 Å². The van der Waals surface area contributed by atoms with Crippen molar-refractivity contribution in [3.05, 3.63) is 41.5 Å². The lowest BCUT2D eigenvalue weighted by atomic mass is 9.47. The van der Waals surface area contributed by atoms with Crippen LogP contribution in [0.15, 0.2) is 35.9 Å². The lowest BCUT2D eigenvalue weighted by Gasteiger charge is -2.58. The Kier molecular flexibility index (Phi) is 10.0. The Hall–Kier alpha value is -1.22. The summed E-state index contributed by atoms with van der Waals surface area (Å²) in [6.45, 7) is 15.6. The molecular weight excluding hydrogens is 520 g/mol. The first-order chi connectivity index (χ1) is 19.7. The number of rotatable bonds is 11. The standard InChI is InChI=1S/C38H58O2S/c1-7-8-24-40-30-15-12-28(13-16-30)36(39)41-31-20-22-37(5)29(25-31)14-17-32-34-19-18-33(27(4)11-9-10-26(2)3)38(34,6)23-21-35(32)37/h12-16,26-27,31-35H,7-11,17-25H2,1-6H3/t27-,31+,32+,33-,34+,35+,37+,38-/m1/s1. The van der Waals surface area contributed by atoms with Crippen molar-refractivity contribution in [1.82, 2.24) is 0 Å². The van der Waals surface area contributed by atoms with Crippen LogP contribution in [-0.4, -0.2) is 17.0 Å². The van der Waals surface area contributed by atoms with Crippen LogP contribution < -0.4 is 4.74 Å². The largest absolute Gasteiger partial charge is 0.494 e. The van der Waals surface area contributed by atoms with Gasteiger partial charge in [-0.1, -0.05) is 90.6 Å². The highest BCUT2D eigenvalue weighted by molar-refractivity contribution is 8.14. The van der Waals surface area contributed by atoms with Crippen molar-refractivity contribution in [3.8, 4) is 5.75 Å². The number of unbranched alkanes of at least 4 members (excludes halogenated alkanes) is 1. The van der Waals surface area contributed by atoms with E-state index in [0.29, 0.717) is 16.1 Å². The van der Waals surface area contributed by atoms with Gasteiger partial charge in [0.1, 0.15) is 5.75 Å². The predicted molar refractivity (Wildman–Crippen MR) is 176 cm³/mol. The summed E-state index contributed by atoms with van der Waals surface area (Å²) in [6, 6.07) is 7.82. The monoisotopic (exact) mass is 578 g/mol. The lowest BCUT2D eigenvalue weighted by molar-refractivity contribution is -0.0497. The molecule has 3 saturated carbocycles. The summed E-state index contributed by atoms with van der Waals surface area (Å²) in [5.41, 5.74) is 3.40. The average Bonchev–Trinajstić information content (AvgIpc) is 3.31. The van der Waals surface area contributed by atoms with Crippen molar-refractivity contribution >= 4 is 16.9 Å². The third-order valence-electron chi connectivity index (χ3n) is 12.4. The van der Waals surface area contributed by atoms with Crippen molar-refractivity contribution < 1.29 is 9.53 Å². The van der Waals surface area contributed by atoms with Crippen LogP contribution in [0, 0.1) is 46.3 Å². The molecule has 0 bridgehead atoms. The van der Waals surface area contributed by atoms with Gasteiger partial charge >= 0.3 is 0 Å². The van der Waals surface area contributed by atoms with E-state index in [4.69, 9.17) is 4.74 Å². The summed E-state index contributed by atoms with van der Waals surface area (Å²) in [4.78, 5) is 13.2. The van der Waals surface area contributed by atoms with Gasteiger partial charge in [-0.15, -0.1) is 0 Å². The SMILES string of the molecule is CCCCOc1ccc(C(=O)S[C@H]2CC[C@@]3(C)C(=CC[C@H]4[C@@H]5CC[C@H]([C@H](C)CCCC(C)C)[C@@]5(C)CC[C@@H]43)C2)cc1. The highest BCUT2D eigenvalue weighted by Gasteiger charge is 2.59. The van der Waals surface area contributed by atoms with Crippen LogP contribution in [0.25, 0.3) is 0 Å². The lowest BCUT2D eigenvalue weighted by Crippen LogP contribution is -2.50. The molecule has 0 N–H and O–H groups in total. The smallest absolute Gasteiger partial charge is 0.219 e. The maximum atomic E-state index is 13.2. The van der Waals surface area contributed by atoms with Gasteiger partial charge in [-0.05, 0) is 128 Å². The molecule has 41 heavy (non-hydrogen) atoms. The zero-order valence-electron chi connectivity index (χ0n) is 27.1. The van der Waals surface area contributed by atoms with Crippen molar-refractivity contribution in [3.63, 3.8) is 0 Å². The molecule has 2 nitrogen and oxygen atoms in total. The molecule has 0 heterocycles. The van der Waals surface area contributed by atoms with Crippen LogP contribution in [0.3, 0.4) is 0 Å². The normalized spacial score (nSPS) is 35.3. The molecule has 0 aromatic heterocycles. The summed E-state index contributed by atoms with van der Waals surface area (Å²) in [6.07, 6.45) is 19.7. The molecule has 1 aromatic carbocycles. The Balaban J connectivity index is 1.19. The number of allylic oxidation sites excluding steroid dienone is 2. The first kappa shape index (κ1) is 31.2. The summed E-state index contributed by atoms with van der Waals surface area (Å²) in [7, 11) is 0. The molecule has 0 unspecified atom stereocenters. The molecule has 0 spiro atoms. The maximum absolute atomic E-state index is 13.2. The second kappa shape index (κ2) is 13.2. The van der Waals surface area contributed by atoms with E-state index < -0.39 is 0 Å². The summed E-state index contributed by atoms with van der Waals surface area (Å²) in [5, 5.41) is 0.635. The molecule has 3 heteroatoms. The van der Waals surface area contributed by atoms with Crippen LogP contribution in [0.2, 0.25) is 0 Å². The van der Waals surface area contributed by atoms with Crippen LogP contribution in [-0.2, 0) is 0 Å². The second-order valence-electron chi connectivity index (χ2n) is 15.3. The molecule has 0 radical (unpaired) electrons. The number of carbonyl (C=O) groups is 1. The third kappa shape index (κ3) is 6.51. The number of thioether (sulfide) groups is 1. The molecule has 228 valence electrons. The van der Waals surface area contributed by atoms with Gasteiger partial charge < -0.3 is 4.74 Å². The van der Waals surface area contributed by atoms with Gasteiger partial charge in [-0.2, -0.15) is 0 Å².